The number of rotatable bonds is 4. The highest BCUT2D eigenvalue weighted by Crippen LogP contribution is 2.27. The highest BCUT2D eigenvalue weighted by molar-refractivity contribution is 6.23. The zero-order chi connectivity index (χ0) is 19.4. The van der Waals surface area contributed by atoms with E-state index in [-0.39, 0.29) is 11.8 Å². The monoisotopic (exact) mass is 401 g/mol. The van der Waals surface area contributed by atoms with E-state index in [1.54, 1.807) is 5.01 Å². The molecule has 0 aliphatic carbocycles. The van der Waals surface area contributed by atoms with Gasteiger partial charge in [-0.15, -0.1) is 0 Å². The number of piperidine rings is 2. The van der Waals surface area contributed by atoms with Gasteiger partial charge in [0.2, 0.25) is 5.62 Å². The average molecular weight is 402 g/mol. The van der Waals surface area contributed by atoms with Crippen molar-refractivity contribution in [1.29, 1.82) is 0 Å². The summed E-state index contributed by atoms with van der Waals surface area (Å²) in [6, 6.07) is 0. The molecule has 12 heteroatoms. The number of hydrogen-bond acceptors (Lipinski definition) is 7. The van der Waals surface area contributed by atoms with Crippen molar-refractivity contribution < 1.29 is 19.8 Å². The lowest BCUT2D eigenvalue weighted by molar-refractivity contribution is 0.117. The van der Waals surface area contributed by atoms with Crippen molar-refractivity contribution >= 4 is 35.5 Å². The van der Waals surface area contributed by atoms with Gasteiger partial charge < -0.3 is 15.5 Å². The fraction of sp³-hybridized carbons (Fsp3) is 0.733. The van der Waals surface area contributed by atoms with Crippen LogP contribution in [0.3, 0.4) is 0 Å². The summed E-state index contributed by atoms with van der Waals surface area (Å²) in [5, 5.41) is 24.2. The minimum absolute atomic E-state index is 0.0572. The van der Waals surface area contributed by atoms with Gasteiger partial charge in [-0.05, 0) is 38.8 Å². The van der Waals surface area contributed by atoms with E-state index in [9.17, 15) is 9.59 Å². The van der Waals surface area contributed by atoms with Crippen LogP contribution in [-0.2, 0) is 0 Å². The molecule has 0 aromatic rings. The number of carbonyl (C=O) groups is 2. The van der Waals surface area contributed by atoms with Crippen molar-refractivity contribution in [1.82, 2.24) is 26.2 Å². The molecule has 3 heterocycles. The number of hydrogen-bond donors (Lipinski definition) is 5. The summed E-state index contributed by atoms with van der Waals surface area (Å²) >= 11 is 6.37. The Kier molecular flexibility index (Phi) is 6.34. The number of nitrogens with zero attached hydrogens (tertiary/aromatic N) is 4. The molecule has 0 aromatic carbocycles. The summed E-state index contributed by atoms with van der Waals surface area (Å²) in [7, 11) is 0. The Morgan fingerprint density at radius 2 is 1.67 bits per heavy atom. The van der Waals surface area contributed by atoms with Gasteiger partial charge in [-0.25, -0.2) is 35.0 Å². The lowest BCUT2D eigenvalue weighted by Crippen LogP contribution is -2.55. The number of amides is 2. The van der Waals surface area contributed by atoms with Gasteiger partial charge in [0.15, 0.2) is 0 Å². The number of carboxylic acid groups (broad SMARTS) is 2. The second-order valence-corrected chi connectivity index (χ2v) is 7.15. The SMILES string of the molecule is O=C(O)NN1CCC(C2=NC(Cl)N(NC(=O)O)C(C3CCNCC3)=N2)CC1. The van der Waals surface area contributed by atoms with Crippen molar-refractivity contribution in [3.05, 3.63) is 0 Å². The average Bonchev–Trinajstić information content (AvgIpc) is 2.64. The highest BCUT2D eigenvalue weighted by atomic mass is 35.5. The molecule has 27 heavy (non-hydrogen) atoms. The topological polar surface area (TPSA) is 142 Å². The lowest BCUT2D eigenvalue weighted by atomic mass is 9.94. The Hall–Kier alpha value is -2.11. The predicted molar refractivity (Wildman–Crippen MR) is 98.6 cm³/mol. The third kappa shape index (κ3) is 4.99. The van der Waals surface area contributed by atoms with Gasteiger partial charge >= 0.3 is 12.2 Å². The molecule has 3 aliphatic heterocycles. The Balaban J connectivity index is 1.74. The number of alkyl halides is 1. The first-order chi connectivity index (χ1) is 12.9. The summed E-state index contributed by atoms with van der Waals surface area (Å²) < 4.78 is 0. The molecule has 1 unspecified atom stereocenters. The fourth-order valence-corrected chi connectivity index (χ4v) is 3.89. The first-order valence-electron chi connectivity index (χ1n) is 8.98. The Morgan fingerprint density at radius 3 is 2.26 bits per heavy atom. The standard InChI is InChI=1S/C15H24ClN7O4/c16-13-19-11(9-3-7-22(8-4-9)20-14(24)25)18-12(23(13)21-15(26)27)10-1-5-17-6-2-10/h9-10,13,17,20-21H,1-8H2,(H,24,25)(H,26,27). The Bertz CT molecular complexity index is 630. The summed E-state index contributed by atoms with van der Waals surface area (Å²) in [6.07, 6.45) is 0.777. The van der Waals surface area contributed by atoms with E-state index in [1.807, 2.05) is 0 Å². The molecule has 2 saturated heterocycles. The smallest absolute Gasteiger partial charge is 0.423 e. The van der Waals surface area contributed by atoms with Gasteiger partial charge in [-0.3, -0.25) is 5.43 Å². The molecule has 3 aliphatic rings. The maximum Gasteiger partial charge on any atom is 0.423 e. The molecule has 0 spiro atoms. The predicted octanol–water partition coefficient (Wildman–Crippen LogP) is 0.698. The molecule has 11 nitrogen and oxygen atoms in total. The van der Waals surface area contributed by atoms with Crippen molar-refractivity contribution in [2.45, 2.75) is 31.3 Å². The zero-order valence-electron chi connectivity index (χ0n) is 14.8. The Labute approximate surface area is 161 Å². The van der Waals surface area contributed by atoms with E-state index in [4.69, 9.17) is 26.8 Å². The maximum absolute atomic E-state index is 11.2. The number of amidine groups is 2. The molecule has 2 amide bonds. The number of aliphatic imine (C=N–C) groups is 2. The molecular weight excluding hydrogens is 378 g/mol. The molecule has 1 atom stereocenters. The molecule has 5 N–H and O–H groups in total. The van der Waals surface area contributed by atoms with Crippen LogP contribution in [0.1, 0.15) is 25.7 Å². The second kappa shape index (κ2) is 8.72. The first kappa shape index (κ1) is 19.6. The van der Waals surface area contributed by atoms with Crippen LogP contribution in [0.2, 0.25) is 0 Å². The first-order valence-corrected chi connectivity index (χ1v) is 9.42. The number of nitrogens with one attached hydrogen (secondary N) is 3. The third-order valence-corrected chi connectivity index (χ3v) is 5.25. The summed E-state index contributed by atoms with van der Waals surface area (Å²) in [5.41, 5.74) is 3.77. The fourth-order valence-electron chi connectivity index (χ4n) is 3.64. The van der Waals surface area contributed by atoms with E-state index < -0.39 is 17.8 Å². The van der Waals surface area contributed by atoms with Gasteiger partial charge in [0.05, 0.1) is 0 Å². The van der Waals surface area contributed by atoms with Crippen LogP contribution in [0, 0.1) is 11.8 Å². The summed E-state index contributed by atoms with van der Waals surface area (Å²) in [5.74, 6) is 1.37. The molecule has 0 saturated carbocycles. The van der Waals surface area contributed by atoms with Gasteiger partial charge in [-0.2, -0.15) is 0 Å². The highest BCUT2D eigenvalue weighted by Gasteiger charge is 2.35. The number of hydrazine groups is 2. The van der Waals surface area contributed by atoms with E-state index in [1.165, 1.54) is 5.01 Å². The van der Waals surface area contributed by atoms with Crippen LogP contribution in [-0.4, -0.2) is 75.9 Å². The molecule has 3 rings (SSSR count). The minimum Gasteiger partial charge on any atom is -0.464 e. The van der Waals surface area contributed by atoms with Crippen molar-refractivity contribution in [3.8, 4) is 0 Å². The molecule has 2 fully saturated rings. The molecule has 0 bridgehead atoms. The molecule has 150 valence electrons. The third-order valence-electron chi connectivity index (χ3n) is 4.96. The second-order valence-electron chi connectivity index (χ2n) is 6.76. The quantitative estimate of drug-likeness (QED) is 0.344. The summed E-state index contributed by atoms with van der Waals surface area (Å²) in [4.78, 5) is 31.0. The Morgan fingerprint density at radius 1 is 1.04 bits per heavy atom. The van der Waals surface area contributed by atoms with Gasteiger partial charge in [-0.1, -0.05) is 11.6 Å². The minimum atomic E-state index is -1.21. The maximum atomic E-state index is 11.2. The van der Waals surface area contributed by atoms with Crippen molar-refractivity contribution in [2.24, 2.45) is 21.8 Å². The normalized spacial score (nSPS) is 25.5. The van der Waals surface area contributed by atoms with Gasteiger partial charge in [0.25, 0.3) is 0 Å². The van der Waals surface area contributed by atoms with Gasteiger partial charge in [0.1, 0.15) is 11.7 Å². The van der Waals surface area contributed by atoms with E-state index in [0.717, 1.165) is 25.9 Å². The largest absolute Gasteiger partial charge is 0.464 e. The van der Waals surface area contributed by atoms with Crippen LogP contribution in [0.25, 0.3) is 0 Å². The number of halogens is 1. The zero-order valence-corrected chi connectivity index (χ0v) is 15.5. The van der Waals surface area contributed by atoms with Crippen LogP contribution in [0.15, 0.2) is 9.98 Å². The molecular formula is C15H24ClN7O4. The summed E-state index contributed by atoms with van der Waals surface area (Å²) in [6.45, 7) is 2.78. The van der Waals surface area contributed by atoms with Crippen LogP contribution in [0.4, 0.5) is 9.59 Å². The molecule has 0 radical (unpaired) electrons. The van der Waals surface area contributed by atoms with Crippen LogP contribution < -0.4 is 16.2 Å². The van der Waals surface area contributed by atoms with E-state index in [0.29, 0.717) is 37.6 Å². The van der Waals surface area contributed by atoms with Crippen molar-refractivity contribution in [3.63, 3.8) is 0 Å². The lowest BCUT2D eigenvalue weighted by Gasteiger charge is -2.38. The van der Waals surface area contributed by atoms with Crippen LogP contribution >= 0.6 is 11.6 Å². The van der Waals surface area contributed by atoms with Gasteiger partial charge in [0, 0.05) is 24.9 Å². The van der Waals surface area contributed by atoms with E-state index >= 15 is 0 Å². The molecule has 0 aromatic heterocycles. The van der Waals surface area contributed by atoms with Crippen molar-refractivity contribution in [2.75, 3.05) is 26.2 Å². The van der Waals surface area contributed by atoms with Crippen LogP contribution in [0.5, 0.6) is 0 Å². The van der Waals surface area contributed by atoms with E-state index in [2.05, 4.69) is 21.2 Å².